The second-order valence-corrected chi connectivity index (χ2v) is 9.39. The van der Waals surface area contributed by atoms with Gasteiger partial charge >= 0.3 is 0 Å². The predicted octanol–water partition coefficient (Wildman–Crippen LogP) is 4.29. The third kappa shape index (κ3) is 5.91. The zero-order valence-corrected chi connectivity index (χ0v) is 18.5. The van der Waals surface area contributed by atoms with Crippen molar-refractivity contribution in [1.29, 1.82) is 0 Å². The third-order valence-electron chi connectivity index (χ3n) is 4.72. The van der Waals surface area contributed by atoms with E-state index in [2.05, 4.69) is 5.32 Å². The summed E-state index contributed by atoms with van der Waals surface area (Å²) in [6, 6.07) is 19.2. The van der Waals surface area contributed by atoms with Crippen LogP contribution in [0.15, 0.2) is 77.7 Å². The van der Waals surface area contributed by atoms with Crippen LogP contribution in [0.4, 0.5) is 4.39 Å². The molecule has 0 atom stereocenters. The first kappa shape index (κ1) is 22.9. The van der Waals surface area contributed by atoms with Crippen molar-refractivity contribution in [2.24, 2.45) is 0 Å². The largest absolute Gasteiger partial charge is 0.351 e. The molecule has 0 aliphatic carbocycles. The van der Waals surface area contributed by atoms with Crippen molar-refractivity contribution >= 4 is 27.5 Å². The lowest BCUT2D eigenvalue weighted by Gasteiger charge is -2.22. The van der Waals surface area contributed by atoms with Gasteiger partial charge < -0.3 is 5.32 Å². The highest BCUT2D eigenvalue weighted by molar-refractivity contribution is 7.89. The first-order valence-electron chi connectivity index (χ1n) is 9.57. The van der Waals surface area contributed by atoms with E-state index in [1.807, 2.05) is 6.92 Å². The minimum Gasteiger partial charge on any atom is -0.351 e. The molecule has 5 nitrogen and oxygen atoms in total. The van der Waals surface area contributed by atoms with Crippen LogP contribution in [0.2, 0.25) is 5.02 Å². The van der Waals surface area contributed by atoms with Crippen LogP contribution in [-0.2, 0) is 27.9 Å². The van der Waals surface area contributed by atoms with Gasteiger partial charge in [-0.1, -0.05) is 65.7 Å². The lowest BCUT2D eigenvalue weighted by Crippen LogP contribution is -2.40. The van der Waals surface area contributed by atoms with Crippen molar-refractivity contribution in [2.45, 2.75) is 24.9 Å². The van der Waals surface area contributed by atoms with E-state index in [0.717, 1.165) is 9.87 Å². The zero-order chi connectivity index (χ0) is 22.4. The van der Waals surface area contributed by atoms with E-state index in [1.54, 1.807) is 42.5 Å². The molecule has 3 rings (SSSR count). The van der Waals surface area contributed by atoms with E-state index in [-0.39, 0.29) is 23.5 Å². The van der Waals surface area contributed by atoms with E-state index < -0.39 is 28.3 Å². The molecule has 8 heteroatoms. The van der Waals surface area contributed by atoms with Gasteiger partial charge in [0.25, 0.3) is 0 Å². The second kappa shape index (κ2) is 10.0. The quantitative estimate of drug-likeness (QED) is 0.545. The Bertz CT molecular complexity index is 1170. The van der Waals surface area contributed by atoms with E-state index in [9.17, 15) is 17.6 Å². The summed E-state index contributed by atoms with van der Waals surface area (Å²) in [6.07, 6.45) is 0. The summed E-state index contributed by atoms with van der Waals surface area (Å²) >= 11 is 6.10. The number of benzene rings is 3. The maximum Gasteiger partial charge on any atom is 0.243 e. The number of amides is 1. The molecule has 0 radical (unpaired) electrons. The van der Waals surface area contributed by atoms with Crippen molar-refractivity contribution in [1.82, 2.24) is 9.62 Å². The average molecular weight is 461 g/mol. The third-order valence-corrected chi connectivity index (χ3v) is 6.89. The van der Waals surface area contributed by atoms with Crippen molar-refractivity contribution in [3.63, 3.8) is 0 Å². The first-order chi connectivity index (χ1) is 14.8. The van der Waals surface area contributed by atoms with Crippen molar-refractivity contribution < 1.29 is 17.6 Å². The molecule has 0 heterocycles. The summed E-state index contributed by atoms with van der Waals surface area (Å²) in [5, 5.41) is 3.18. The summed E-state index contributed by atoms with van der Waals surface area (Å²) in [6.45, 7) is 1.25. The monoisotopic (exact) mass is 460 g/mol. The summed E-state index contributed by atoms with van der Waals surface area (Å²) in [5.41, 5.74) is 1.79. The molecular formula is C23H22ClFN2O3S. The number of hydrogen-bond donors (Lipinski definition) is 1. The molecule has 0 aliphatic heterocycles. The van der Waals surface area contributed by atoms with Gasteiger partial charge in [0.2, 0.25) is 15.9 Å². The Hall–Kier alpha value is -2.74. The lowest BCUT2D eigenvalue weighted by molar-refractivity contribution is -0.121. The van der Waals surface area contributed by atoms with Crippen molar-refractivity contribution in [3.8, 4) is 0 Å². The van der Waals surface area contributed by atoms with Crippen LogP contribution in [0, 0.1) is 12.7 Å². The number of aryl methyl sites for hydroxylation is 1. The number of sulfonamides is 1. The number of halogens is 2. The van der Waals surface area contributed by atoms with E-state index in [0.29, 0.717) is 10.6 Å². The summed E-state index contributed by atoms with van der Waals surface area (Å²) < 4.78 is 41.6. The van der Waals surface area contributed by atoms with Crippen LogP contribution in [0.5, 0.6) is 0 Å². The molecule has 3 aromatic carbocycles. The van der Waals surface area contributed by atoms with E-state index >= 15 is 0 Å². The van der Waals surface area contributed by atoms with Crippen LogP contribution < -0.4 is 5.32 Å². The highest BCUT2D eigenvalue weighted by Crippen LogP contribution is 2.20. The number of nitrogens with one attached hydrogen (secondary N) is 1. The summed E-state index contributed by atoms with van der Waals surface area (Å²) in [4.78, 5) is 12.6. The first-order valence-corrected chi connectivity index (χ1v) is 11.4. The van der Waals surface area contributed by atoms with E-state index in [1.165, 1.54) is 30.3 Å². The van der Waals surface area contributed by atoms with Gasteiger partial charge in [-0.3, -0.25) is 4.79 Å². The summed E-state index contributed by atoms with van der Waals surface area (Å²) in [5.74, 6) is -1.06. The Morgan fingerprint density at radius 3 is 2.23 bits per heavy atom. The Morgan fingerprint density at radius 1 is 0.968 bits per heavy atom. The Labute approximate surface area is 186 Å². The predicted molar refractivity (Wildman–Crippen MR) is 118 cm³/mol. The number of hydrogen-bond acceptors (Lipinski definition) is 3. The molecule has 31 heavy (non-hydrogen) atoms. The molecule has 0 saturated heterocycles. The number of nitrogens with zero attached hydrogens (tertiary/aromatic N) is 1. The van der Waals surface area contributed by atoms with Gasteiger partial charge in [-0.2, -0.15) is 4.31 Å². The second-order valence-electron chi connectivity index (χ2n) is 7.05. The fourth-order valence-electron chi connectivity index (χ4n) is 2.95. The highest BCUT2D eigenvalue weighted by Gasteiger charge is 2.27. The Balaban J connectivity index is 1.83. The van der Waals surface area contributed by atoms with Gasteiger partial charge in [0.15, 0.2) is 0 Å². The maximum atomic E-state index is 14.2. The minimum absolute atomic E-state index is 0.0355. The molecule has 0 saturated carbocycles. The van der Waals surface area contributed by atoms with Gasteiger partial charge in [-0.15, -0.1) is 0 Å². The van der Waals surface area contributed by atoms with Gasteiger partial charge in [-0.25, -0.2) is 12.8 Å². The van der Waals surface area contributed by atoms with Crippen LogP contribution in [0.3, 0.4) is 0 Å². The van der Waals surface area contributed by atoms with Crippen molar-refractivity contribution in [2.75, 3.05) is 6.54 Å². The fourth-order valence-corrected chi connectivity index (χ4v) is 4.53. The standard InChI is InChI=1S/C23H22ClFN2O3S/c1-17-10-12-20(13-11-17)31(29,30)27(15-19-7-3-5-9-22(19)25)16-23(28)26-14-18-6-2-4-8-21(18)24/h2-13H,14-16H2,1H3,(H,26,28). The molecule has 0 aliphatic rings. The molecular weight excluding hydrogens is 439 g/mol. The topological polar surface area (TPSA) is 66.5 Å². The minimum atomic E-state index is -4.04. The highest BCUT2D eigenvalue weighted by atomic mass is 35.5. The number of carbonyl (C=O) groups is 1. The lowest BCUT2D eigenvalue weighted by atomic mass is 10.2. The molecule has 1 N–H and O–H groups in total. The molecule has 1 amide bonds. The molecule has 0 aromatic heterocycles. The number of rotatable bonds is 8. The molecule has 0 spiro atoms. The molecule has 3 aromatic rings. The van der Waals surface area contributed by atoms with E-state index in [4.69, 9.17) is 11.6 Å². The van der Waals surface area contributed by atoms with Gasteiger partial charge in [-0.05, 0) is 36.8 Å². The van der Waals surface area contributed by atoms with Gasteiger partial charge in [0.05, 0.1) is 11.4 Å². The van der Waals surface area contributed by atoms with Gasteiger partial charge in [0.1, 0.15) is 5.82 Å². The normalized spacial score (nSPS) is 11.5. The Kier molecular flexibility index (Phi) is 7.43. The molecule has 0 unspecified atom stereocenters. The molecule has 0 fully saturated rings. The molecule has 162 valence electrons. The summed E-state index contributed by atoms with van der Waals surface area (Å²) in [7, 11) is -4.04. The van der Waals surface area contributed by atoms with Gasteiger partial charge in [0, 0.05) is 23.7 Å². The Morgan fingerprint density at radius 2 is 1.58 bits per heavy atom. The van der Waals surface area contributed by atoms with Crippen LogP contribution >= 0.6 is 11.6 Å². The van der Waals surface area contributed by atoms with Crippen LogP contribution in [0.1, 0.15) is 16.7 Å². The smallest absolute Gasteiger partial charge is 0.243 e. The molecule has 0 bridgehead atoms. The van der Waals surface area contributed by atoms with Crippen LogP contribution in [-0.4, -0.2) is 25.2 Å². The van der Waals surface area contributed by atoms with Crippen LogP contribution in [0.25, 0.3) is 0 Å². The number of carbonyl (C=O) groups excluding carboxylic acids is 1. The maximum absolute atomic E-state index is 14.2. The zero-order valence-electron chi connectivity index (χ0n) is 16.9. The average Bonchev–Trinajstić information content (AvgIpc) is 2.74. The SMILES string of the molecule is Cc1ccc(S(=O)(=O)N(CC(=O)NCc2ccccc2Cl)Cc2ccccc2F)cc1. The van der Waals surface area contributed by atoms with Crippen molar-refractivity contribution in [3.05, 3.63) is 100 Å². The fraction of sp³-hybridized carbons (Fsp3) is 0.174.